The Hall–Kier alpha value is -1.53. The van der Waals surface area contributed by atoms with Crippen molar-refractivity contribution in [1.29, 1.82) is 0 Å². The summed E-state index contributed by atoms with van der Waals surface area (Å²) in [7, 11) is 1.63. The van der Waals surface area contributed by atoms with E-state index in [1.807, 2.05) is 30.3 Å². The van der Waals surface area contributed by atoms with Gasteiger partial charge in [0.15, 0.2) is 0 Å². The van der Waals surface area contributed by atoms with Crippen molar-refractivity contribution in [2.75, 3.05) is 12.4 Å². The third-order valence-corrected chi connectivity index (χ3v) is 4.40. The van der Waals surface area contributed by atoms with E-state index in [1.54, 1.807) is 7.11 Å². The standard InChI is InChI=1S/C14H14BrNO3S/c1-19-13-6-9(2-5-12(13)15)16-8-11-4-3-10(20-11)7-14(17)18/h2-6,16H,7-8H2,1H3,(H,17,18). The smallest absolute Gasteiger partial charge is 0.308 e. The van der Waals surface area contributed by atoms with Crippen molar-refractivity contribution in [1.82, 2.24) is 0 Å². The molecule has 0 fully saturated rings. The molecule has 2 rings (SSSR count). The molecule has 0 aliphatic heterocycles. The third-order valence-electron chi connectivity index (χ3n) is 2.66. The molecule has 0 aliphatic carbocycles. The second kappa shape index (κ2) is 6.76. The molecule has 0 aliphatic rings. The minimum atomic E-state index is -0.802. The van der Waals surface area contributed by atoms with Crippen LogP contribution in [0.1, 0.15) is 9.75 Å². The molecular weight excluding hydrogens is 342 g/mol. The quantitative estimate of drug-likeness (QED) is 0.828. The number of carboxylic acid groups (broad SMARTS) is 1. The number of thiophene rings is 1. The van der Waals surface area contributed by atoms with Crippen molar-refractivity contribution < 1.29 is 14.6 Å². The van der Waals surface area contributed by atoms with Crippen LogP contribution in [-0.4, -0.2) is 18.2 Å². The van der Waals surface area contributed by atoms with Gasteiger partial charge in [0, 0.05) is 28.1 Å². The van der Waals surface area contributed by atoms with E-state index < -0.39 is 5.97 Å². The predicted molar refractivity (Wildman–Crippen MR) is 83.7 cm³/mol. The normalized spacial score (nSPS) is 10.3. The topological polar surface area (TPSA) is 58.6 Å². The van der Waals surface area contributed by atoms with Gasteiger partial charge in [-0.2, -0.15) is 0 Å². The first-order chi connectivity index (χ1) is 9.58. The van der Waals surface area contributed by atoms with E-state index in [1.165, 1.54) is 11.3 Å². The summed E-state index contributed by atoms with van der Waals surface area (Å²) in [6, 6.07) is 9.60. The summed E-state index contributed by atoms with van der Waals surface area (Å²) in [6.45, 7) is 0.662. The van der Waals surface area contributed by atoms with Gasteiger partial charge in [0.05, 0.1) is 18.0 Å². The molecule has 6 heteroatoms. The van der Waals surface area contributed by atoms with Crippen molar-refractivity contribution in [3.63, 3.8) is 0 Å². The maximum absolute atomic E-state index is 10.6. The largest absolute Gasteiger partial charge is 0.495 e. The Morgan fingerprint density at radius 1 is 1.35 bits per heavy atom. The number of hydrogen-bond donors (Lipinski definition) is 2. The van der Waals surface area contributed by atoms with Gasteiger partial charge in [-0.05, 0) is 40.2 Å². The Bertz CT molecular complexity index is 612. The highest BCUT2D eigenvalue weighted by Crippen LogP contribution is 2.28. The zero-order chi connectivity index (χ0) is 14.5. The molecule has 1 aromatic heterocycles. The molecule has 2 N–H and O–H groups in total. The molecule has 0 atom stereocenters. The number of hydrogen-bond acceptors (Lipinski definition) is 4. The lowest BCUT2D eigenvalue weighted by Crippen LogP contribution is -1.98. The molecule has 2 aromatic rings. The summed E-state index contributed by atoms with van der Waals surface area (Å²) in [4.78, 5) is 12.6. The minimum absolute atomic E-state index is 0.0801. The molecule has 0 spiro atoms. The first-order valence-corrected chi connectivity index (χ1v) is 7.56. The van der Waals surface area contributed by atoms with Gasteiger partial charge >= 0.3 is 5.97 Å². The molecule has 0 bridgehead atoms. The van der Waals surface area contributed by atoms with Crippen LogP contribution >= 0.6 is 27.3 Å². The Balaban J connectivity index is 1.98. The Morgan fingerprint density at radius 2 is 2.10 bits per heavy atom. The molecule has 106 valence electrons. The molecule has 0 saturated carbocycles. The summed E-state index contributed by atoms with van der Waals surface area (Å²) in [5, 5.41) is 12.0. The molecule has 0 amide bonds. The Kier molecular flexibility index (Phi) is 5.03. The maximum Gasteiger partial charge on any atom is 0.308 e. The summed E-state index contributed by atoms with van der Waals surface area (Å²) in [5.41, 5.74) is 0.957. The molecule has 1 aromatic carbocycles. The van der Waals surface area contributed by atoms with Crippen LogP contribution in [-0.2, 0) is 17.8 Å². The van der Waals surface area contributed by atoms with Crippen LogP contribution in [0.25, 0.3) is 0 Å². The van der Waals surface area contributed by atoms with E-state index in [4.69, 9.17) is 9.84 Å². The highest BCUT2D eigenvalue weighted by atomic mass is 79.9. The number of aliphatic carboxylic acids is 1. The third kappa shape index (κ3) is 3.98. The highest BCUT2D eigenvalue weighted by Gasteiger charge is 2.05. The summed E-state index contributed by atoms with van der Waals surface area (Å²) in [5.74, 6) is -0.0308. The minimum Gasteiger partial charge on any atom is -0.495 e. The van der Waals surface area contributed by atoms with Crippen LogP contribution in [0.4, 0.5) is 5.69 Å². The van der Waals surface area contributed by atoms with Gasteiger partial charge in [-0.15, -0.1) is 11.3 Å². The van der Waals surface area contributed by atoms with Crippen molar-refractivity contribution in [3.8, 4) is 5.75 Å². The van der Waals surface area contributed by atoms with E-state index in [2.05, 4.69) is 21.2 Å². The van der Waals surface area contributed by atoms with Crippen molar-refractivity contribution in [2.45, 2.75) is 13.0 Å². The predicted octanol–water partition coefficient (Wildman–Crippen LogP) is 3.76. The number of halogens is 1. The zero-order valence-electron chi connectivity index (χ0n) is 10.9. The molecule has 0 saturated heterocycles. The molecule has 1 heterocycles. The number of anilines is 1. The van der Waals surface area contributed by atoms with Gasteiger partial charge < -0.3 is 15.2 Å². The van der Waals surface area contributed by atoms with Crippen molar-refractivity contribution in [3.05, 3.63) is 44.6 Å². The number of nitrogens with one attached hydrogen (secondary N) is 1. The first-order valence-electron chi connectivity index (χ1n) is 5.95. The van der Waals surface area contributed by atoms with E-state index >= 15 is 0 Å². The molecular formula is C14H14BrNO3S. The lowest BCUT2D eigenvalue weighted by Gasteiger charge is -2.08. The lowest BCUT2D eigenvalue weighted by molar-refractivity contribution is -0.136. The van der Waals surface area contributed by atoms with E-state index in [9.17, 15) is 4.79 Å². The maximum atomic E-state index is 10.6. The number of ether oxygens (including phenoxy) is 1. The van der Waals surface area contributed by atoms with Gasteiger partial charge in [0.25, 0.3) is 0 Å². The number of carbonyl (C=O) groups is 1. The van der Waals surface area contributed by atoms with E-state index in [0.29, 0.717) is 6.54 Å². The fourth-order valence-corrected chi connectivity index (χ4v) is 3.08. The van der Waals surface area contributed by atoms with Gasteiger partial charge in [-0.1, -0.05) is 0 Å². The number of benzene rings is 1. The number of carboxylic acids is 1. The fourth-order valence-electron chi connectivity index (χ4n) is 1.72. The van der Waals surface area contributed by atoms with Crippen LogP contribution in [0.3, 0.4) is 0 Å². The Morgan fingerprint density at radius 3 is 2.80 bits per heavy atom. The Labute approximate surface area is 129 Å². The second-order valence-corrected chi connectivity index (χ2v) is 6.25. The van der Waals surface area contributed by atoms with Gasteiger partial charge in [-0.3, -0.25) is 4.79 Å². The van der Waals surface area contributed by atoms with Crippen LogP contribution in [0, 0.1) is 0 Å². The van der Waals surface area contributed by atoms with Crippen LogP contribution in [0.5, 0.6) is 5.75 Å². The average molecular weight is 356 g/mol. The van der Waals surface area contributed by atoms with Gasteiger partial charge in [-0.25, -0.2) is 0 Å². The average Bonchev–Trinajstić information content (AvgIpc) is 2.84. The van der Waals surface area contributed by atoms with Gasteiger partial charge in [0.1, 0.15) is 5.75 Å². The van der Waals surface area contributed by atoms with Crippen molar-refractivity contribution in [2.24, 2.45) is 0 Å². The van der Waals surface area contributed by atoms with E-state index in [-0.39, 0.29) is 6.42 Å². The highest BCUT2D eigenvalue weighted by molar-refractivity contribution is 9.10. The number of methoxy groups -OCH3 is 1. The second-order valence-electron chi connectivity index (χ2n) is 4.14. The van der Waals surface area contributed by atoms with Crippen molar-refractivity contribution >= 4 is 38.9 Å². The molecule has 0 unspecified atom stereocenters. The monoisotopic (exact) mass is 355 g/mol. The van der Waals surface area contributed by atoms with Crippen LogP contribution < -0.4 is 10.1 Å². The molecule has 0 radical (unpaired) electrons. The molecule has 20 heavy (non-hydrogen) atoms. The zero-order valence-corrected chi connectivity index (χ0v) is 13.3. The van der Waals surface area contributed by atoms with Gasteiger partial charge in [0.2, 0.25) is 0 Å². The van der Waals surface area contributed by atoms with Crippen LogP contribution in [0.2, 0.25) is 0 Å². The summed E-state index contributed by atoms with van der Waals surface area (Å²) < 4.78 is 6.14. The summed E-state index contributed by atoms with van der Waals surface area (Å²) >= 11 is 4.92. The number of rotatable bonds is 6. The molecule has 4 nitrogen and oxygen atoms in total. The fraction of sp³-hybridized carbons (Fsp3) is 0.214. The van der Waals surface area contributed by atoms with Crippen LogP contribution in [0.15, 0.2) is 34.8 Å². The SMILES string of the molecule is COc1cc(NCc2ccc(CC(=O)O)s2)ccc1Br. The first kappa shape index (κ1) is 14.9. The van der Waals surface area contributed by atoms with E-state index in [0.717, 1.165) is 25.7 Å². The summed E-state index contributed by atoms with van der Waals surface area (Å²) in [6.07, 6.45) is 0.0801. The lowest BCUT2D eigenvalue weighted by atomic mass is 10.3.